The van der Waals surface area contributed by atoms with Gasteiger partial charge in [0.1, 0.15) is 0 Å². The summed E-state index contributed by atoms with van der Waals surface area (Å²) in [5.41, 5.74) is 2.47. The first-order valence-electron chi connectivity index (χ1n) is 7.75. The SMILES string of the molecule is CCNC(=NCCc1csc(C)n1)NCCc1ccccc1.I. The number of nitrogens with zero attached hydrogens (tertiary/aromatic N) is 2. The number of benzene rings is 1. The number of rotatable bonds is 7. The number of hydrogen-bond donors (Lipinski definition) is 2. The van der Waals surface area contributed by atoms with Gasteiger partial charge < -0.3 is 10.6 Å². The summed E-state index contributed by atoms with van der Waals surface area (Å²) < 4.78 is 0. The van der Waals surface area contributed by atoms with Crippen molar-refractivity contribution in [1.82, 2.24) is 15.6 Å². The van der Waals surface area contributed by atoms with E-state index in [-0.39, 0.29) is 24.0 Å². The number of aliphatic imine (C=N–C) groups is 1. The van der Waals surface area contributed by atoms with E-state index in [4.69, 9.17) is 0 Å². The average molecular weight is 444 g/mol. The number of nitrogens with one attached hydrogen (secondary N) is 2. The molecule has 0 radical (unpaired) electrons. The van der Waals surface area contributed by atoms with Crippen LogP contribution in [0.1, 0.15) is 23.2 Å². The molecule has 0 aliphatic rings. The number of hydrogen-bond acceptors (Lipinski definition) is 3. The molecular weight excluding hydrogens is 419 g/mol. The molecule has 0 bridgehead atoms. The lowest BCUT2D eigenvalue weighted by Crippen LogP contribution is -2.38. The van der Waals surface area contributed by atoms with E-state index in [1.54, 1.807) is 11.3 Å². The van der Waals surface area contributed by atoms with Crippen LogP contribution in [-0.4, -0.2) is 30.6 Å². The summed E-state index contributed by atoms with van der Waals surface area (Å²) in [6.45, 7) is 6.62. The Bertz CT molecular complexity index is 583. The molecular formula is C17H25IN4S. The zero-order valence-electron chi connectivity index (χ0n) is 13.7. The van der Waals surface area contributed by atoms with Gasteiger partial charge in [0.15, 0.2) is 5.96 Å². The molecule has 1 aromatic heterocycles. The first kappa shape index (κ1) is 19.9. The smallest absolute Gasteiger partial charge is 0.191 e. The normalized spacial score (nSPS) is 11.0. The molecule has 0 unspecified atom stereocenters. The van der Waals surface area contributed by atoms with Crippen LogP contribution < -0.4 is 10.6 Å². The highest BCUT2D eigenvalue weighted by Gasteiger charge is 2.00. The fraction of sp³-hybridized carbons (Fsp3) is 0.412. The minimum absolute atomic E-state index is 0. The summed E-state index contributed by atoms with van der Waals surface area (Å²) in [5.74, 6) is 0.880. The fourth-order valence-electron chi connectivity index (χ4n) is 2.12. The number of aromatic nitrogens is 1. The number of thiazole rings is 1. The lowest BCUT2D eigenvalue weighted by atomic mass is 10.1. The zero-order valence-corrected chi connectivity index (χ0v) is 16.9. The molecule has 0 amide bonds. The van der Waals surface area contributed by atoms with E-state index in [2.05, 4.69) is 57.2 Å². The van der Waals surface area contributed by atoms with Crippen molar-refractivity contribution in [2.45, 2.75) is 26.7 Å². The molecule has 1 aromatic carbocycles. The van der Waals surface area contributed by atoms with Crippen molar-refractivity contribution in [2.24, 2.45) is 4.99 Å². The van der Waals surface area contributed by atoms with E-state index in [0.29, 0.717) is 0 Å². The molecule has 1 heterocycles. The monoisotopic (exact) mass is 444 g/mol. The van der Waals surface area contributed by atoms with Crippen LogP contribution in [-0.2, 0) is 12.8 Å². The summed E-state index contributed by atoms with van der Waals surface area (Å²) in [5, 5.41) is 9.89. The second-order valence-electron chi connectivity index (χ2n) is 5.03. The Kier molecular flexibility index (Phi) is 9.86. The van der Waals surface area contributed by atoms with Crippen molar-refractivity contribution in [3.63, 3.8) is 0 Å². The number of halogens is 1. The molecule has 2 N–H and O–H groups in total. The Labute approximate surface area is 159 Å². The van der Waals surface area contributed by atoms with Gasteiger partial charge in [0, 0.05) is 31.4 Å². The van der Waals surface area contributed by atoms with E-state index >= 15 is 0 Å². The van der Waals surface area contributed by atoms with Crippen molar-refractivity contribution in [2.75, 3.05) is 19.6 Å². The van der Waals surface area contributed by atoms with Crippen molar-refractivity contribution in [3.8, 4) is 0 Å². The van der Waals surface area contributed by atoms with E-state index in [9.17, 15) is 0 Å². The molecule has 0 saturated carbocycles. The second-order valence-corrected chi connectivity index (χ2v) is 6.09. The molecule has 0 atom stereocenters. The van der Waals surface area contributed by atoms with Gasteiger partial charge in [-0.3, -0.25) is 4.99 Å². The van der Waals surface area contributed by atoms with Crippen molar-refractivity contribution < 1.29 is 0 Å². The largest absolute Gasteiger partial charge is 0.357 e. The summed E-state index contributed by atoms with van der Waals surface area (Å²) in [4.78, 5) is 9.07. The minimum Gasteiger partial charge on any atom is -0.357 e. The molecule has 2 rings (SSSR count). The van der Waals surface area contributed by atoms with Crippen LogP contribution in [0, 0.1) is 6.92 Å². The standard InChI is InChI=1S/C17H24N4S.HI/c1-3-18-17(19-11-9-15-7-5-4-6-8-15)20-12-10-16-13-22-14(2)21-16;/h4-8,13H,3,9-12H2,1-2H3,(H2,18,19,20);1H. The Hall–Kier alpha value is -1.15. The molecule has 0 aliphatic carbocycles. The molecule has 0 spiro atoms. The van der Waals surface area contributed by atoms with Gasteiger partial charge in [-0.05, 0) is 25.8 Å². The third-order valence-corrected chi connectivity index (χ3v) is 4.02. The maximum atomic E-state index is 4.61. The van der Waals surface area contributed by atoms with Gasteiger partial charge in [-0.15, -0.1) is 35.3 Å². The van der Waals surface area contributed by atoms with Crippen LogP contribution in [0.15, 0.2) is 40.7 Å². The predicted molar refractivity (Wildman–Crippen MR) is 110 cm³/mol. The van der Waals surface area contributed by atoms with Gasteiger partial charge in [0.05, 0.1) is 10.7 Å². The second kappa shape index (κ2) is 11.4. The highest BCUT2D eigenvalue weighted by molar-refractivity contribution is 14.0. The summed E-state index contributed by atoms with van der Waals surface area (Å²) in [6.07, 6.45) is 1.89. The molecule has 0 fully saturated rings. The van der Waals surface area contributed by atoms with E-state index < -0.39 is 0 Å². The Morgan fingerprint density at radius 1 is 1.17 bits per heavy atom. The topological polar surface area (TPSA) is 49.3 Å². The van der Waals surface area contributed by atoms with Crippen LogP contribution in [0.25, 0.3) is 0 Å². The summed E-state index contributed by atoms with van der Waals surface area (Å²) >= 11 is 1.69. The molecule has 126 valence electrons. The van der Waals surface area contributed by atoms with Crippen LogP contribution >= 0.6 is 35.3 Å². The highest BCUT2D eigenvalue weighted by atomic mass is 127. The van der Waals surface area contributed by atoms with E-state index in [1.807, 2.05) is 13.0 Å². The predicted octanol–water partition coefficient (Wildman–Crippen LogP) is 3.41. The van der Waals surface area contributed by atoms with Gasteiger partial charge in [-0.25, -0.2) is 4.98 Å². The molecule has 4 nitrogen and oxygen atoms in total. The van der Waals surface area contributed by atoms with Crippen LogP contribution in [0.2, 0.25) is 0 Å². The summed E-state index contributed by atoms with van der Waals surface area (Å²) in [7, 11) is 0. The Morgan fingerprint density at radius 2 is 1.96 bits per heavy atom. The third kappa shape index (κ3) is 7.78. The Morgan fingerprint density at radius 3 is 2.61 bits per heavy atom. The van der Waals surface area contributed by atoms with Gasteiger partial charge in [-0.1, -0.05) is 30.3 Å². The maximum absolute atomic E-state index is 4.61. The van der Waals surface area contributed by atoms with Gasteiger partial charge in [0.2, 0.25) is 0 Å². The minimum atomic E-state index is 0. The van der Waals surface area contributed by atoms with Crippen molar-refractivity contribution in [3.05, 3.63) is 52.0 Å². The molecule has 2 aromatic rings. The molecule has 0 saturated heterocycles. The fourth-order valence-corrected chi connectivity index (χ4v) is 2.76. The van der Waals surface area contributed by atoms with Gasteiger partial charge in [-0.2, -0.15) is 0 Å². The molecule has 23 heavy (non-hydrogen) atoms. The first-order chi connectivity index (χ1) is 10.8. The number of aryl methyl sites for hydroxylation is 1. The molecule has 6 heteroatoms. The highest BCUT2D eigenvalue weighted by Crippen LogP contribution is 2.08. The zero-order chi connectivity index (χ0) is 15.6. The van der Waals surface area contributed by atoms with E-state index in [1.165, 1.54) is 5.56 Å². The average Bonchev–Trinajstić information content (AvgIpc) is 2.94. The van der Waals surface area contributed by atoms with Gasteiger partial charge in [0.25, 0.3) is 0 Å². The van der Waals surface area contributed by atoms with Gasteiger partial charge >= 0.3 is 0 Å². The van der Waals surface area contributed by atoms with E-state index in [0.717, 1.165) is 49.1 Å². The Balaban J connectivity index is 0.00000264. The molecule has 0 aliphatic heterocycles. The van der Waals surface area contributed by atoms with Crippen molar-refractivity contribution >= 4 is 41.3 Å². The first-order valence-corrected chi connectivity index (χ1v) is 8.63. The number of guanidine groups is 1. The lowest BCUT2D eigenvalue weighted by molar-refractivity contribution is 0.795. The van der Waals surface area contributed by atoms with Crippen LogP contribution in [0.3, 0.4) is 0 Å². The van der Waals surface area contributed by atoms with Crippen LogP contribution in [0.5, 0.6) is 0 Å². The quantitative estimate of drug-likeness (QED) is 0.391. The maximum Gasteiger partial charge on any atom is 0.191 e. The lowest BCUT2D eigenvalue weighted by Gasteiger charge is -2.11. The van der Waals surface area contributed by atoms with Crippen molar-refractivity contribution in [1.29, 1.82) is 0 Å². The third-order valence-electron chi connectivity index (χ3n) is 3.20. The van der Waals surface area contributed by atoms with Crippen LogP contribution in [0.4, 0.5) is 0 Å². The summed E-state index contributed by atoms with van der Waals surface area (Å²) in [6, 6.07) is 10.5.